The minimum Gasteiger partial charge on any atom is -0.334 e. The smallest absolute Gasteiger partial charge is 0.255 e. The fourth-order valence-corrected chi connectivity index (χ4v) is 3.46. The average Bonchev–Trinajstić information content (AvgIpc) is 3.15. The summed E-state index contributed by atoms with van der Waals surface area (Å²) in [5.74, 6) is 0.0443. The molecule has 0 saturated heterocycles. The topological polar surface area (TPSA) is 46.1 Å². The molecule has 4 nitrogen and oxygen atoms in total. The summed E-state index contributed by atoms with van der Waals surface area (Å²) in [6.45, 7) is 1.43. The van der Waals surface area contributed by atoms with Crippen LogP contribution in [0.15, 0.2) is 54.3 Å². The number of rotatable bonds is 2. The summed E-state index contributed by atoms with van der Waals surface area (Å²) in [7, 11) is 0. The van der Waals surface area contributed by atoms with Gasteiger partial charge in [-0.2, -0.15) is 0 Å². The SMILES string of the molecule is O=C(c1ccc(-c2cncs2)nc1)N1CCc2ccccc2C1. The molecule has 0 spiro atoms. The van der Waals surface area contributed by atoms with Gasteiger partial charge in [0.15, 0.2) is 0 Å². The Morgan fingerprint density at radius 3 is 2.70 bits per heavy atom. The molecule has 4 rings (SSSR count). The number of hydrogen-bond acceptors (Lipinski definition) is 4. The highest BCUT2D eigenvalue weighted by molar-refractivity contribution is 7.13. The predicted octanol–water partition coefficient (Wildman–Crippen LogP) is 3.40. The summed E-state index contributed by atoms with van der Waals surface area (Å²) in [6.07, 6.45) is 4.36. The number of carbonyl (C=O) groups is 1. The Balaban J connectivity index is 1.53. The van der Waals surface area contributed by atoms with Crippen molar-refractivity contribution in [2.75, 3.05) is 6.54 Å². The van der Waals surface area contributed by atoms with Gasteiger partial charge in [0.05, 0.1) is 21.6 Å². The fourth-order valence-electron chi connectivity index (χ4n) is 2.86. The van der Waals surface area contributed by atoms with E-state index in [2.05, 4.69) is 28.2 Å². The summed E-state index contributed by atoms with van der Waals surface area (Å²) < 4.78 is 0. The molecule has 0 saturated carbocycles. The molecule has 0 radical (unpaired) electrons. The van der Waals surface area contributed by atoms with Gasteiger partial charge in [-0.05, 0) is 29.7 Å². The molecule has 0 aliphatic carbocycles. The number of amides is 1. The zero-order chi connectivity index (χ0) is 15.6. The van der Waals surface area contributed by atoms with Gasteiger partial charge in [0.25, 0.3) is 5.91 Å². The van der Waals surface area contributed by atoms with Gasteiger partial charge in [-0.3, -0.25) is 14.8 Å². The van der Waals surface area contributed by atoms with E-state index >= 15 is 0 Å². The Morgan fingerprint density at radius 1 is 1.09 bits per heavy atom. The van der Waals surface area contributed by atoms with Crippen LogP contribution in [0.25, 0.3) is 10.6 Å². The van der Waals surface area contributed by atoms with Crippen LogP contribution in [0.3, 0.4) is 0 Å². The third-order valence-electron chi connectivity index (χ3n) is 4.11. The van der Waals surface area contributed by atoms with Gasteiger partial charge in [0, 0.05) is 25.5 Å². The van der Waals surface area contributed by atoms with Gasteiger partial charge in [-0.15, -0.1) is 11.3 Å². The summed E-state index contributed by atoms with van der Waals surface area (Å²) >= 11 is 1.54. The fraction of sp³-hybridized carbons (Fsp3) is 0.167. The third kappa shape index (κ3) is 2.75. The van der Waals surface area contributed by atoms with Crippen LogP contribution in [0.5, 0.6) is 0 Å². The first-order valence-electron chi connectivity index (χ1n) is 7.52. The summed E-state index contributed by atoms with van der Waals surface area (Å²) in [5, 5.41) is 0. The molecule has 23 heavy (non-hydrogen) atoms. The van der Waals surface area contributed by atoms with Crippen LogP contribution in [0, 0.1) is 0 Å². The number of hydrogen-bond donors (Lipinski definition) is 0. The number of nitrogens with zero attached hydrogens (tertiary/aromatic N) is 3. The summed E-state index contributed by atoms with van der Waals surface area (Å²) in [4.78, 5) is 24.0. The van der Waals surface area contributed by atoms with Gasteiger partial charge in [0.2, 0.25) is 0 Å². The first-order chi connectivity index (χ1) is 11.3. The number of aromatic nitrogens is 2. The van der Waals surface area contributed by atoms with Crippen molar-refractivity contribution in [3.63, 3.8) is 0 Å². The van der Waals surface area contributed by atoms with Crippen molar-refractivity contribution < 1.29 is 4.79 Å². The Labute approximate surface area is 138 Å². The highest BCUT2D eigenvalue weighted by Gasteiger charge is 2.21. The van der Waals surface area contributed by atoms with E-state index in [1.165, 1.54) is 11.1 Å². The number of benzene rings is 1. The van der Waals surface area contributed by atoms with Crippen LogP contribution in [0.4, 0.5) is 0 Å². The van der Waals surface area contributed by atoms with Gasteiger partial charge in [-0.25, -0.2) is 0 Å². The van der Waals surface area contributed by atoms with Crippen molar-refractivity contribution in [2.24, 2.45) is 0 Å². The molecule has 114 valence electrons. The van der Waals surface area contributed by atoms with Crippen molar-refractivity contribution in [1.82, 2.24) is 14.9 Å². The molecule has 0 N–H and O–H groups in total. The van der Waals surface area contributed by atoms with E-state index in [0.717, 1.165) is 23.5 Å². The lowest BCUT2D eigenvalue weighted by molar-refractivity contribution is 0.0734. The molecule has 0 fully saturated rings. The lowest BCUT2D eigenvalue weighted by Crippen LogP contribution is -2.35. The molecular formula is C18H15N3OS. The molecule has 0 atom stereocenters. The van der Waals surface area contributed by atoms with Crippen LogP contribution in [0.1, 0.15) is 21.5 Å². The Kier molecular flexibility index (Phi) is 3.63. The highest BCUT2D eigenvalue weighted by atomic mass is 32.1. The lowest BCUT2D eigenvalue weighted by atomic mass is 9.99. The number of carbonyl (C=O) groups excluding carboxylic acids is 1. The maximum atomic E-state index is 12.7. The molecule has 1 amide bonds. The van der Waals surface area contributed by atoms with Gasteiger partial charge < -0.3 is 4.90 Å². The van der Waals surface area contributed by atoms with E-state index in [1.54, 1.807) is 29.2 Å². The van der Waals surface area contributed by atoms with Crippen LogP contribution >= 0.6 is 11.3 Å². The monoisotopic (exact) mass is 321 g/mol. The second-order valence-electron chi connectivity index (χ2n) is 5.54. The van der Waals surface area contributed by atoms with Gasteiger partial charge in [-0.1, -0.05) is 24.3 Å². The minimum absolute atomic E-state index is 0.0443. The Morgan fingerprint density at radius 2 is 1.96 bits per heavy atom. The molecule has 3 heterocycles. The average molecular weight is 321 g/mol. The second kappa shape index (κ2) is 5.93. The largest absolute Gasteiger partial charge is 0.334 e. The molecule has 3 aromatic rings. The first-order valence-corrected chi connectivity index (χ1v) is 8.40. The van der Waals surface area contributed by atoms with Crippen molar-refractivity contribution in [3.05, 3.63) is 71.0 Å². The van der Waals surface area contributed by atoms with Gasteiger partial charge >= 0.3 is 0 Å². The van der Waals surface area contributed by atoms with Crippen molar-refractivity contribution in [1.29, 1.82) is 0 Å². The van der Waals surface area contributed by atoms with Crippen molar-refractivity contribution in [3.8, 4) is 10.6 Å². The van der Waals surface area contributed by atoms with E-state index in [9.17, 15) is 4.79 Å². The van der Waals surface area contributed by atoms with Crippen LogP contribution in [-0.2, 0) is 13.0 Å². The zero-order valence-corrected chi connectivity index (χ0v) is 13.3. The second-order valence-corrected chi connectivity index (χ2v) is 6.43. The number of pyridine rings is 1. The predicted molar refractivity (Wildman–Crippen MR) is 90.2 cm³/mol. The molecule has 5 heteroatoms. The van der Waals surface area contributed by atoms with E-state index in [0.29, 0.717) is 12.1 Å². The highest BCUT2D eigenvalue weighted by Crippen LogP contribution is 2.23. The minimum atomic E-state index is 0.0443. The summed E-state index contributed by atoms with van der Waals surface area (Å²) in [6, 6.07) is 12.1. The molecule has 0 bridgehead atoms. The molecule has 1 aliphatic rings. The maximum Gasteiger partial charge on any atom is 0.255 e. The molecular weight excluding hydrogens is 306 g/mol. The number of fused-ring (bicyclic) bond motifs is 1. The quantitative estimate of drug-likeness (QED) is 0.727. The maximum absolute atomic E-state index is 12.7. The zero-order valence-electron chi connectivity index (χ0n) is 12.5. The molecule has 0 unspecified atom stereocenters. The van der Waals surface area contributed by atoms with Crippen LogP contribution in [0.2, 0.25) is 0 Å². The third-order valence-corrected chi connectivity index (χ3v) is 4.91. The van der Waals surface area contributed by atoms with Crippen molar-refractivity contribution in [2.45, 2.75) is 13.0 Å². The first kappa shape index (κ1) is 14.1. The van der Waals surface area contributed by atoms with Crippen LogP contribution in [-0.4, -0.2) is 27.3 Å². The van der Waals surface area contributed by atoms with E-state index in [-0.39, 0.29) is 5.91 Å². The van der Waals surface area contributed by atoms with E-state index in [4.69, 9.17) is 0 Å². The van der Waals surface area contributed by atoms with Crippen LogP contribution < -0.4 is 0 Å². The Bertz CT molecular complexity index is 828. The summed E-state index contributed by atoms with van der Waals surface area (Å²) in [5.41, 5.74) is 5.85. The molecule has 1 aliphatic heterocycles. The standard InChI is InChI=1S/C18H15N3OS/c22-18(21-8-7-13-3-1-2-4-15(13)11-21)14-5-6-16(20-9-14)17-10-19-12-23-17/h1-6,9-10,12H,7-8,11H2. The lowest BCUT2D eigenvalue weighted by Gasteiger charge is -2.28. The number of thiazole rings is 1. The van der Waals surface area contributed by atoms with E-state index < -0.39 is 0 Å². The van der Waals surface area contributed by atoms with E-state index in [1.807, 2.05) is 23.1 Å². The van der Waals surface area contributed by atoms with Crippen molar-refractivity contribution >= 4 is 17.2 Å². The normalized spacial score (nSPS) is 13.7. The van der Waals surface area contributed by atoms with Gasteiger partial charge in [0.1, 0.15) is 0 Å². The molecule has 2 aromatic heterocycles. The Hall–Kier alpha value is -2.53. The molecule has 1 aromatic carbocycles.